The van der Waals surface area contributed by atoms with E-state index in [2.05, 4.69) is 20.9 Å². The average molecular weight is 321 g/mol. The SMILES string of the molecule is Cc1oc(-c2ccc(Cl)cc2Cl)nc1CBr. The van der Waals surface area contributed by atoms with Crippen LogP contribution in [-0.2, 0) is 5.33 Å². The summed E-state index contributed by atoms with van der Waals surface area (Å²) < 4.78 is 5.54. The average Bonchev–Trinajstić information content (AvgIpc) is 2.59. The van der Waals surface area contributed by atoms with Gasteiger partial charge in [-0.2, -0.15) is 0 Å². The molecule has 0 unspecified atom stereocenters. The number of alkyl halides is 1. The van der Waals surface area contributed by atoms with Gasteiger partial charge in [0.2, 0.25) is 5.89 Å². The molecule has 0 spiro atoms. The van der Waals surface area contributed by atoms with E-state index in [1.54, 1.807) is 18.2 Å². The van der Waals surface area contributed by atoms with Crippen molar-refractivity contribution in [2.75, 3.05) is 0 Å². The molecule has 1 aromatic carbocycles. The Labute approximate surface area is 112 Å². The highest BCUT2D eigenvalue weighted by Crippen LogP contribution is 2.31. The number of hydrogen-bond donors (Lipinski definition) is 0. The van der Waals surface area contributed by atoms with Crippen molar-refractivity contribution in [3.05, 3.63) is 39.7 Å². The topological polar surface area (TPSA) is 26.0 Å². The van der Waals surface area contributed by atoms with Crippen LogP contribution in [0.25, 0.3) is 11.5 Å². The van der Waals surface area contributed by atoms with Gasteiger partial charge in [0, 0.05) is 10.4 Å². The standard InChI is InChI=1S/C11H8BrCl2NO/c1-6-10(5-12)15-11(16-6)8-3-2-7(13)4-9(8)14/h2-4H,5H2,1H3. The molecule has 0 N–H and O–H groups in total. The maximum atomic E-state index is 6.07. The lowest BCUT2D eigenvalue weighted by atomic mass is 10.2. The molecular formula is C11H8BrCl2NO. The lowest BCUT2D eigenvalue weighted by Crippen LogP contribution is -1.82. The Morgan fingerprint density at radius 3 is 2.69 bits per heavy atom. The summed E-state index contributed by atoms with van der Waals surface area (Å²) in [7, 11) is 0. The van der Waals surface area contributed by atoms with Crippen LogP contribution >= 0.6 is 39.1 Å². The van der Waals surface area contributed by atoms with Crippen molar-refractivity contribution in [1.29, 1.82) is 0 Å². The van der Waals surface area contributed by atoms with Crippen LogP contribution in [0.3, 0.4) is 0 Å². The Morgan fingerprint density at radius 1 is 1.38 bits per heavy atom. The molecule has 0 radical (unpaired) electrons. The van der Waals surface area contributed by atoms with Crippen LogP contribution in [0.5, 0.6) is 0 Å². The van der Waals surface area contributed by atoms with Gasteiger partial charge in [-0.15, -0.1) is 0 Å². The van der Waals surface area contributed by atoms with Gasteiger partial charge in [0.25, 0.3) is 0 Å². The van der Waals surface area contributed by atoms with Gasteiger partial charge in [-0.3, -0.25) is 0 Å². The monoisotopic (exact) mass is 319 g/mol. The normalized spacial score (nSPS) is 10.8. The third-order valence-electron chi connectivity index (χ3n) is 2.18. The van der Waals surface area contributed by atoms with E-state index in [4.69, 9.17) is 27.6 Å². The van der Waals surface area contributed by atoms with E-state index in [1.165, 1.54) is 0 Å². The molecule has 2 aromatic rings. The van der Waals surface area contributed by atoms with Crippen LogP contribution in [0.15, 0.2) is 22.6 Å². The summed E-state index contributed by atoms with van der Waals surface area (Å²) in [6.07, 6.45) is 0. The van der Waals surface area contributed by atoms with Gasteiger partial charge in [-0.1, -0.05) is 39.1 Å². The Bertz CT molecular complexity index is 525. The van der Waals surface area contributed by atoms with Crippen LogP contribution in [0.1, 0.15) is 11.5 Å². The van der Waals surface area contributed by atoms with Crippen molar-refractivity contribution in [1.82, 2.24) is 4.98 Å². The van der Waals surface area contributed by atoms with E-state index in [-0.39, 0.29) is 0 Å². The number of hydrogen-bond acceptors (Lipinski definition) is 2. The molecule has 5 heteroatoms. The van der Waals surface area contributed by atoms with E-state index in [1.807, 2.05) is 6.92 Å². The molecule has 84 valence electrons. The molecule has 0 aliphatic carbocycles. The van der Waals surface area contributed by atoms with E-state index in [0.29, 0.717) is 21.3 Å². The summed E-state index contributed by atoms with van der Waals surface area (Å²) in [5, 5.41) is 1.79. The van der Waals surface area contributed by atoms with Gasteiger partial charge >= 0.3 is 0 Å². The third-order valence-corrected chi connectivity index (χ3v) is 3.26. The molecule has 1 heterocycles. The van der Waals surface area contributed by atoms with Crippen molar-refractivity contribution in [2.45, 2.75) is 12.3 Å². The number of rotatable bonds is 2. The number of aryl methyl sites for hydroxylation is 1. The molecule has 0 saturated heterocycles. The van der Waals surface area contributed by atoms with Crippen LogP contribution in [-0.4, -0.2) is 4.98 Å². The van der Waals surface area contributed by atoms with E-state index in [0.717, 1.165) is 17.0 Å². The number of nitrogens with zero attached hydrogens (tertiary/aromatic N) is 1. The zero-order chi connectivity index (χ0) is 11.7. The first-order valence-electron chi connectivity index (χ1n) is 4.59. The fraction of sp³-hybridized carbons (Fsp3) is 0.182. The maximum Gasteiger partial charge on any atom is 0.228 e. The quantitative estimate of drug-likeness (QED) is 0.739. The minimum absolute atomic E-state index is 0.522. The second kappa shape index (κ2) is 4.78. The summed E-state index contributed by atoms with van der Waals surface area (Å²) in [5.74, 6) is 1.31. The molecular weight excluding hydrogens is 313 g/mol. The van der Waals surface area contributed by atoms with Crippen molar-refractivity contribution < 1.29 is 4.42 Å². The fourth-order valence-electron chi connectivity index (χ4n) is 1.33. The van der Waals surface area contributed by atoms with Gasteiger partial charge in [0.1, 0.15) is 5.76 Å². The first-order valence-corrected chi connectivity index (χ1v) is 6.47. The highest BCUT2D eigenvalue weighted by molar-refractivity contribution is 9.08. The van der Waals surface area contributed by atoms with Crippen LogP contribution in [0, 0.1) is 6.92 Å². The van der Waals surface area contributed by atoms with Gasteiger partial charge in [0.05, 0.1) is 16.3 Å². The highest BCUT2D eigenvalue weighted by atomic mass is 79.9. The number of aromatic nitrogens is 1. The number of oxazole rings is 1. The van der Waals surface area contributed by atoms with Crippen molar-refractivity contribution in [3.63, 3.8) is 0 Å². The minimum atomic E-state index is 0.522. The number of halogens is 3. The van der Waals surface area contributed by atoms with Crippen molar-refractivity contribution >= 4 is 39.1 Å². The first kappa shape index (κ1) is 12.0. The van der Waals surface area contributed by atoms with E-state index in [9.17, 15) is 0 Å². The van der Waals surface area contributed by atoms with Gasteiger partial charge in [-0.05, 0) is 25.1 Å². The predicted molar refractivity (Wildman–Crippen MR) is 69.3 cm³/mol. The second-order valence-electron chi connectivity index (χ2n) is 3.28. The molecule has 0 amide bonds. The van der Waals surface area contributed by atoms with Crippen LogP contribution in [0.2, 0.25) is 10.0 Å². The molecule has 0 aliphatic rings. The molecule has 2 rings (SSSR count). The van der Waals surface area contributed by atoms with Crippen molar-refractivity contribution in [3.8, 4) is 11.5 Å². The summed E-state index contributed by atoms with van der Waals surface area (Å²) in [6, 6.07) is 5.23. The Kier molecular flexibility index (Phi) is 3.57. The van der Waals surface area contributed by atoms with E-state index >= 15 is 0 Å². The highest BCUT2D eigenvalue weighted by Gasteiger charge is 2.13. The number of benzene rings is 1. The Morgan fingerprint density at radius 2 is 2.12 bits per heavy atom. The second-order valence-corrected chi connectivity index (χ2v) is 4.68. The fourth-order valence-corrected chi connectivity index (χ4v) is 2.34. The Balaban J connectivity index is 2.50. The zero-order valence-corrected chi connectivity index (χ0v) is 11.5. The molecule has 0 aliphatic heterocycles. The maximum absolute atomic E-state index is 6.07. The van der Waals surface area contributed by atoms with E-state index < -0.39 is 0 Å². The lowest BCUT2D eigenvalue weighted by molar-refractivity contribution is 0.540. The molecule has 2 nitrogen and oxygen atoms in total. The molecule has 16 heavy (non-hydrogen) atoms. The van der Waals surface area contributed by atoms with Crippen LogP contribution in [0.4, 0.5) is 0 Å². The zero-order valence-electron chi connectivity index (χ0n) is 8.43. The Hall–Kier alpha value is -0.510. The third kappa shape index (κ3) is 2.26. The minimum Gasteiger partial charge on any atom is -0.441 e. The summed E-state index contributed by atoms with van der Waals surface area (Å²) in [6.45, 7) is 1.87. The van der Waals surface area contributed by atoms with Gasteiger partial charge < -0.3 is 4.42 Å². The predicted octanol–water partition coefficient (Wildman–Crippen LogP) is 4.85. The largest absolute Gasteiger partial charge is 0.441 e. The molecule has 1 aromatic heterocycles. The van der Waals surface area contributed by atoms with Crippen molar-refractivity contribution in [2.24, 2.45) is 0 Å². The molecule has 0 fully saturated rings. The lowest BCUT2D eigenvalue weighted by Gasteiger charge is -1.99. The van der Waals surface area contributed by atoms with Gasteiger partial charge in [-0.25, -0.2) is 4.98 Å². The molecule has 0 bridgehead atoms. The first-order chi connectivity index (χ1) is 7.61. The summed E-state index contributed by atoms with van der Waals surface area (Å²) in [4.78, 5) is 4.35. The summed E-state index contributed by atoms with van der Waals surface area (Å²) in [5.41, 5.74) is 1.63. The van der Waals surface area contributed by atoms with Crippen LogP contribution < -0.4 is 0 Å². The van der Waals surface area contributed by atoms with Gasteiger partial charge in [0.15, 0.2) is 0 Å². The molecule has 0 atom stereocenters. The summed E-state index contributed by atoms with van der Waals surface area (Å²) >= 11 is 15.2. The smallest absolute Gasteiger partial charge is 0.228 e. The molecule has 0 saturated carbocycles.